The molecule has 2 aromatic rings. The number of nitrogens with one attached hydrogen (secondary N) is 2. The van der Waals surface area contributed by atoms with Crippen molar-refractivity contribution in [2.75, 3.05) is 0 Å². The van der Waals surface area contributed by atoms with E-state index in [1.54, 1.807) is 0 Å². The van der Waals surface area contributed by atoms with E-state index in [1.165, 1.54) is 0 Å². The Balaban J connectivity index is 0.00000180. The first-order valence-electron chi connectivity index (χ1n) is 4.49. The van der Waals surface area contributed by atoms with Gasteiger partial charge in [-0.25, -0.2) is 0 Å². The molecular weight excluding hydrogens is 294 g/mol. The Labute approximate surface area is 153 Å². The Bertz CT molecular complexity index is 731. The summed E-state index contributed by atoms with van der Waals surface area (Å²) in [6.45, 7) is 0. The third-order valence-corrected chi connectivity index (χ3v) is 2.21. The molecular formula is C8H4N4Na2O6. The molecule has 10 nitrogen and oxygen atoms in total. The number of hydrogen-bond donors (Lipinski definition) is 2. The molecule has 2 rings (SSSR count). The van der Waals surface area contributed by atoms with Crippen LogP contribution >= 0.6 is 0 Å². The smallest absolute Gasteiger partial charge is 0.316 e. The van der Waals surface area contributed by atoms with Gasteiger partial charge in [0.2, 0.25) is 0 Å². The van der Waals surface area contributed by atoms with Crippen LogP contribution in [0.4, 0.5) is 11.4 Å². The van der Waals surface area contributed by atoms with Crippen molar-refractivity contribution >= 4 is 81.5 Å². The molecule has 2 N–H and O–H groups in total. The monoisotopic (exact) mass is 298 g/mol. The zero-order valence-electron chi connectivity index (χ0n) is 10.5. The van der Waals surface area contributed by atoms with Gasteiger partial charge in [-0.15, -0.1) is 0 Å². The van der Waals surface area contributed by atoms with Crippen molar-refractivity contribution in [2.45, 2.75) is 0 Å². The molecule has 12 heteroatoms. The number of H-pyrrole nitrogens is 2. The SMILES string of the molecule is O=c1[nH]c2cc([N+](=O)[O-])c([N+](=O)[O-])cc2[nH]c1=O.[Na].[Na]. The van der Waals surface area contributed by atoms with E-state index in [-0.39, 0.29) is 70.1 Å². The molecule has 0 saturated heterocycles. The topological polar surface area (TPSA) is 152 Å². The van der Waals surface area contributed by atoms with Gasteiger partial charge in [0.1, 0.15) is 0 Å². The Hall–Kier alpha value is -1.04. The quantitative estimate of drug-likeness (QED) is 0.322. The molecule has 1 aromatic carbocycles. The van der Waals surface area contributed by atoms with E-state index in [0.29, 0.717) is 0 Å². The molecule has 0 spiro atoms. The average Bonchev–Trinajstić information content (AvgIpc) is 2.28. The molecule has 0 aliphatic heterocycles. The van der Waals surface area contributed by atoms with E-state index in [2.05, 4.69) is 9.97 Å². The van der Waals surface area contributed by atoms with Crippen LogP contribution in [0, 0.1) is 20.2 Å². The second-order valence-electron chi connectivity index (χ2n) is 3.31. The van der Waals surface area contributed by atoms with Crippen LogP contribution in [0.2, 0.25) is 0 Å². The maximum Gasteiger partial charge on any atom is 0.348 e. The van der Waals surface area contributed by atoms with Gasteiger partial charge in [0.05, 0.1) is 20.9 Å². The van der Waals surface area contributed by atoms with Crippen molar-refractivity contribution in [2.24, 2.45) is 0 Å². The Morgan fingerprint density at radius 2 is 1.10 bits per heavy atom. The van der Waals surface area contributed by atoms with Crippen molar-refractivity contribution in [3.05, 3.63) is 53.1 Å². The van der Waals surface area contributed by atoms with E-state index in [0.717, 1.165) is 12.1 Å². The summed E-state index contributed by atoms with van der Waals surface area (Å²) in [5.74, 6) is 0. The van der Waals surface area contributed by atoms with Gasteiger partial charge in [0.15, 0.2) is 0 Å². The number of nitro benzene ring substituents is 2. The summed E-state index contributed by atoms with van der Waals surface area (Å²) in [5.41, 5.74) is -3.64. The third-order valence-electron chi connectivity index (χ3n) is 2.21. The molecule has 0 amide bonds. The first-order valence-corrected chi connectivity index (χ1v) is 4.49. The van der Waals surface area contributed by atoms with Crippen molar-refractivity contribution in [3.8, 4) is 0 Å². The van der Waals surface area contributed by atoms with Crippen molar-refractivity contribution in [1.29, 1.82) is 0 Å². The molecule has 0 unspecified atom stereocenters. The largest absolute Gasteiger partial charge is 0.348 e. The number of rotatable bonds is 2. The van der Waals surface area contributed by atoms with Crippen LogP contribution in [0.25, 0.3) is 11.0 Å². The number of aromatic nitrogens is 2. The second-order valence-corrected chi connectivity index (χ2v) is 3.31. The van der Waals surface area contributed by atoms with Gasteiger partial charge in [0.25, 0.3) is 0 Å². The predicted molar refractivity (Wildman–Crippen MR) is 70.0 cm³/mol. The molecule has 0 bridgehead atoms. The van der Waals surface area contributed by atoms with Gasteiger partial charge in [-0.2, -0.15) is 0 Å². The fourth-order valence-corrected chi connectivity index (χ4v) is 1.43. The summed E-state index contributed by atoms with van der Waals surface area (Å²) < 4.78 is 0. The predicted octanol–water partition coefficient (Wildman–Crippen LogP) is -0.729. The average molecular weight is 298 g/mol. The number of nitro groups is 2. The van der Waals surface area contributed by atoms with Crippen molar-refractivity contribution in [3.63, 3.8) is 0 Å². The van der Waals surface area contributed by atoms with Crippen LogP contribution in [0.15, 0.2) is 21.7 Å². The standard InChI is InChI=1S/C8H4N4O6.2Na/c13-7-8(14)10-4-2-6(12(17)18)5(11(15)16)1-3(4)9-7;;/h1-2H,(H,9,13)(H,10,14);;. The maximum atomic E-state index is 11.0. The van der Waals surface area contributed by atoms with Crippen LogP contribution in [0.1, 0.15) is 0 Å². The first-order chi connectivity index (χ1) is 8.40. The summed E-state index contributed by atoms with van der Waals surface area (Å²) in [7, 11) is 0. The minimum absolute atomic E-state index is 0. The number of benzene rings is 1. The van der Waals surface area contributed by atoms with Crippen LogP contribution in [-0.2, 0) is 0 Å². The molecule has 1 aromatic heterocycles. The van der Waals surface area contributed by atoms with Crippen molar-refractivity contribution < 1.29 is 9.85 Å². The van der Waals surface area contributed by atoms with E-state index < -0.39 is 32.3 Å². The summed E-state index contributed by atoms with van der Waals surface area (Å²) in [5, 5.41) is 21.3. The van der Waals surface area contributed by atoms with Crippen LogP contribution in [0.5, 0.6) is 0 Å². The van der Waals surface area contributed by atoms with E-state index in [1.807, 2.05) is 0 Å². The number of aromatic amines is 2. The fourth-order valence-electron chi connectivity index (χ4n) is 1.43. The van der Waals surface area contributed by atoms with Gasteiger partial charge in [-0.1, -0.05) is 0 Å². The summed E-state index contributed by atoms with van der Waals surface area (Å²) in [6.07, 6.45) is 0. The van der Waals surface area contributed by atoms with E-state index in [9.17, 15) is 29.8 Å². The molecule has 0 aliphatic carbocycles. The summed E-state index contributed by atoms with van der Waals surface area (Å²) in [4.78, 5) is 45.7. The van der Waals surface area contributed by atoms with Gasteiger partial charge in [-0.05, 0) is 0 Å². The van der Waals surface area contributed by atoms with E-state index >= 15 is 0 Å². The number of nitrogens with zero attached hydrogens (tertiary/aromatic N) is 2. The van der Waals surface area contributed by atoms with Gasteiger partial charge in [0, 0.05) is 71.2 Å². The summed E-state index contributed by atoms with van der Waals surface area (Å²) in [6, 6.07) is 1.65. The molecule has 1 heterocycles. The van der Waals surface area contributed by atoms with E-state index in [4.69, 9.17) is 0 Å². The molecule has 2 radical (unpaired) electrons. The zero-order chi connectivity index (χ0) is 13.4. The normalized spacial score (nSPS) is 9.40. The van der Waals surface area contributed by atoms with Gasteiger partial charge < -0.3 is 9.97 Å². The van der Waals surface area contributed by atoms with Gasteiger partial charge >= 0.3 is 22.5 Å². The first kappa shape index (κ1) is 19.0. The maximum absolute atomic E-state index is 11.0. The summed E-state index contributed by atoms with van der Waals surface area (Å²) >= 11 is 0. The Morgan fingerprint density at radius 1 is 0.800 bits per heavy atom. The van der Waals surface area contributed by atoms with Crippen molar-refractivity contribution in [1.82, 2.24) is 9.97 Å². The molecule has 0 fully saturated rings. The Morgan fingerprint density at radius 3 is 1.35 bits per heavy atom. The fraction of sp³-hybridized carbons (Fsp3) is 0. The minimum atomic E-state index is -0.995. The van der Waals surface area contributed by atoms with Gasteiger partial charge in [-0.3, -0.25) is 29.8 Å². The molecule has 20 heavy (non-hydrogen) atoms. The van der Waals surface area contributed by atoms with Crippen LogP contribution in [0.3, 0.4) is 0 Å². The third kappa shape index (κ3) is 3.53. The molecule has 0 atom stereocenters. The minimum Gasteiger partial charge on any atom is -0.316 e. The molecule has 0 saturated carbocycles. The van der Waals surface area contributed by atoms with Crippen LogP contribution in [-0.4, -0.2) is 78.9 Å². The molecule has 0 aliphatic rings. The second kappa shape index (κ2) is 7.11. The molecule has 94 valence electrons. The van der Waals surface area contributed by atoms with Crippen LogP contribution < -0.4 is 11.1 Å². The number of fused-ring (bicyclic) bond motifs is 1. The Kier molecular flexibility index (Phi) is 6.74. The number of hydrogen-bond acceptors (Lipinski definition) is 6. The zero-order valence-corrected chi connectivity index (χ0v) is 14.5.